The highest BCUT2D eigenvalue weighted by atomic mass is 32.1. The van der Waals surface area contributed by atoms with Crippen LogP contribution in [0.4, 0.5) is 0 Å². The maximum Gasteiger partial charge on any atom is 0.355 e. The fraction of sp³-hybridized carbons (Fsp3) is 0.368. The first-order chi connectivity index (χ1) is 13.2. The van der Waals surface area contributed by atoms with Crippen molar-refractivity contribution in [2.75, 3.05) is 7.11 Å². The van der Waals surface area contributed by atoms with E-state index >= 15 is 0 Å². The largest absolute Gasteiger partial charge is 0.497 e. The third kappa shape index (κ3) is 5.53. The second-order valence-corrected chi connectivity index (χ2v) is 7.52. The molecule has 8 nitrogen and oxygen atoms in total. The monoisotopic (exact) mass is 405 g/mol. The standard InChI is InChI=1S/C19H23N3O5S/c1-10(18-22-17(19(25)26)11(2)28-18)20-16(24)9-15(21-12(3)23)13-5-7-14(27-4)8-6-13/h5-8,10,15H,9H2,1-4H3,(H,20,24)(H,21,23)(H,25,26). The molecule has 0 aliphatic rings. The SMILES string of the molecule is COc1ccc(C(CC(=O)NC(C)c2nc(C(=O)O)c(C)s2)NC(C)=O)cc1. The lowest BCUT2D eigenvalue weighted by Gasteiger charge is -2.19. The molecule has 0 radical (unpaired) electrons. The molecule has 28 heavy (non-hydrogen) atoms. The van der Waals surface area contributed by atoms with Gasteiger partial charge < -0.3 is 20.5 Å². The molecule has 0 fully saturated rings. The number of thiazole rings is 1. The number of carbonyl (C=O) groups is 3. The van der Waals surface area contributed by atoms with E-state index in [4.69, 9.17) is 9.84 Å². The van der Waals surface area contributed by atoms with Crippen molar-refractivity contribution in [3.8, 4) is 5.75 Å². The van der Waals surface area contributed by atoms with Crippen molar-refractivity contribution in [1.29, 1.82) is 0 Å². The van der Waals surface area contributed by atoms with Gasteiger partial charge in [0.25, 0.3) is 0 Å². The molecule has 1 aromatic heterocycles. The molecule has 2 atom stereocenters. The molecule has 0 spiro atoms. The second kappa shape index (κ2) is 9.32. The number of nitrogens with one attached hydrogen (secondary N) is 2. The highest BCUT2D eigenvalue weighted by molar-refractivity contribution is 7.11. The third-order valence-electron chi connectivity index (χ3n) is 4.05. The van der Waals surface area contributed by atoms with E-state index < -0.39 is 18.1 Å². The normalized spacial score (nSPS) is 12.7. The Morgan fingerprint density at radius 2 is 1.86 bits per heavy atom. The Morgan fingerprint density at radius 1 is 1.21 bits per heavy atom. The fourth-order valence-corrected chi connectivity index (χ4v) is 3.60. The minimum absolute atomic E-state index is 0.00421. The number of methoxy groups -OCH3 is 1. The number of hydrogen-bond donors (Lipinski definition) is 3. The molecule has 0 aliphatic heterocycles. The summed E-state index contributed by atoms with van der Waals surface area (Å²) in [4.78, 5) is 39.9. The van der Waals surface area contributed by atoms with Gasteiger partial charge in [-0.2, -0.15) is 0 Å². The summed E-state index contributed by atoms with van der Waals surface area (Å²) in [5.41, 5.74) is 0.771. The zero-order chi connectivity index (χ0) is 20.8. The van der Waals surface area contributed by atoms with Gasteiger partial charge in [-0.3, -0.25) is 9.59 Å². The lowest BCUT2D eigenvalue weighted by molar-refractivity contribution is -0.123. The number of benzene rings is 1. The molecule has 0 bridgehead atoms. The van der Waals surface area contributed by atoms with Gasteiger partial charge in [0.15, 0.2) is 5.69 Å². The van der Waals surface area contributed by atoms with Crippen molar-refractivity contribution in [3.63, 3.8) is 0 Å². The summed E-state index contributed by atoms with van der Waals surface area (Å²) >= 11 is 1.23. The molecule has 9 heteroatoms. The van der Waals surface area contributed by atoms with E-state index in [1.54, 1.807) is 45.2 Å². The molecular formula is C19H23N3O5S. The Balaban J connectivity index is 2.08. The molecule has 0 saturated carbocycles. The summed E-state index contributed by atoms with van der Waals surface area (Å²) in [6.45, 7) is 4.81. The van der Waals surface area contributed by atoms with Gasteiger partial charge in [-0.25, -0.2) is 9.78 Å². The molecule has 0 aliphatic carbocycles. The summed E-state index contributed by atoms with van der Waals surface area (Å²) in [7, 11) is 1.56. The molecule has 3 N–H and O–H groups in total. The lowest BCUT2D eigenvalue weighted by atomic mass is 10.0. The van der Waals surface area contributed by atoms with Crippen molar-refractivity contribution in [1.82, 2.24) is 15.6 Å². The maximum absolute atomic E-state index is 12.5. The average molecular weight is 405 g/mol. The number of aromatic nitrogens is 1. The van der Waals surface area contributed by atoms with E-state index in [2.05, 4.69) is 15.6 Å². The van der Waals surface area contributed by atoms with Crippen LogP contribution in [0.5, 0.6) is 5.75 Å². The van der Waals surface area contributed by atoms with Crippen LogP contribution in [0.2, 0.25) is 0 Å². The van der Waals surface area contributed by atoms with Crippen molar-refractivity contribution in [3.05, 3.63) is 45.4 Å². The Labute approximate surface area is 166 Å². The average Bonchev–Trinajstić information content (AvgIpc) is 3.03. The topological polar surface area (TPSA) is 118 Å². The first-order valence-corrected chi connectivity index (χ1v) is 9.44. The third-order valence-corrected chi connectivity index (χ3v) is 5.20. The predicted octanol–water partition coefficient (Wildman–Crippen LogP) is 2.60. The van der Waals surface area contributed by atoms with Gasteiger partial charge in [-0.1, -0.05) is 12.1 Å². The predicted molar refractivity (Wildman–Crippen MR) is 105 cm³/mol. The van der Waals surface area contributed by atoms with Gasteiger partial charge in [-0.15, -0.1) is 11.3 Å². The van der Waals surface area contributed by atoms with Gasteiger partial charge in [0.1, 0.15) is 10.8 Å². The lowest BCUT2D eigenvalue weighted by Crippen LogP contribution is -2.33. The summed E-state index contributed by atoms with van der Waals surface area (Å²) in [6, 6.07) is 6.16. The van der Waals surface area contributed by atoms with Crippen LogP contribution < -0.4 is 15.4 Å². The Kier molecular flexibility index (Phi) is 7.11. The van der Waals surface area contributed by atoms with Crippen LogP contribution in [0.1, 0.15) is 58.3 Å². The highest BCUT2D eigenvalue weighted by Gasteiger charge is 2.22. The summed E-state index contributed by atoms with van der Waals surface area (Å²) in [5, 5.41) is 15.2. The molecule has 2 amide bonds. The number of carboxylic acid groups (broad SMARTS) is 1. The van der Waals surface area contributed by atoms with Crippen LogP contribution in [-0.4, -0.2) is 35.0 Å². The quantitative estimate of drug-likeness (QED) is 0.621. The van der Waals surface area contributed by atoms with Crippen molar-refractivity contribution < 1.29 is 24.2 Å². The van der Waals surface area contributed by atoms with Crippen LogP contribution in [0.3, 0.4) is 0 Å². The van der Waals surface area contributed by atoms with Crippen LogP contribution in [0, 0.1) is 6.92 Å². The van der Waals surface area contributed by atoms with Gasteiger partial charge in [-0.05, 0) is 31.5 Å². The maximum atomic E-state index is 12.5. The van der Waals surface area contributed by atoms with Crippen LogP contribution in [0.15, 0.2) is 24.3 Å². The van der Waals surface area contributed by atoms with E-state index in [0.717, 1.165) is 5.56 Å². The molecular weight excluding hydrogens is 382 g/mol. The number of carbonyl (C=O) groups excluding carboxylic acids is 2. The molecule has 2 rings (SSSR count). The van der Waals surface area contributed by atoms with Crippen LogP contribution in [0.25, 0.3) is 0 Å². The first-order valence-electron chi connectivity index (χ1n) is 8.62. The Bertz CT molecular complexity index is 863. The van der Waals surface area contributed by atoms with E-state index in [0.29, 0.717) is 15.6 Å². The van der Waals surface area contributed by atoms with Crippen molar-refractivity contribution >= 4 is 29.1 Å². The Hall–Kier alpha value is -2.94. The molecule has 2 unspecified atom stereocenters. The van der Waals surface area contributed by atoms with E-state index in [-0.39, 0.29) is 23.9 Å². The number of ether oxygens (including phenoxy) is 1. The minimum Gasteiger partial charge on any atom is -0.497 e. The molecule has 2 aromatic rings. The fourth-order valence-electron chi connectivity index (χ4n) is 2.68. The van der Waals surface area contributed by atoms with Crippen LogP contribution in [-0.2, 0) is 9.59 Å². The number of nitrogens with zero attached hydrogens (tertiary/aromatic N) is 1. The number of rotatable bonds is 8. The Morgan fingerprint density at radius 3 is 2.36 bits per heavy atom. The first kappa shape index (κ1) is 21.4. The molecule has 1 aromatic carbocycles. The number of aryl methyl sites for hydroxylation is 1. The summed E-state index contributed by atoms with van der Waals surface area (Å²) < 4.78 is 5.13. The number of carboxylic acids is 1. The van der Waals surface area contributed by atoms with Gasteiger partial charge in [0.2, 0.25) is 11.8 Å². The zero-order valence-electron chi connectivity index (χ0n) is 16.1. The van der Waals surface area contributed by atoms with Crippen molar-refractivity contribution in [2.45, 2.75) is 39.3 Å². The zero-order valence-corrected chi connectivity index (χ0v) is 16.9. The summed E-state index contributed by atoms with van der Waals surface area (Å²) in [5.74, 6) is -0.948. The van der Waals surface area contributed by atoms with Gasteiger partial charge >= 0.3 is 5.97 Å². The summed E-state index contributed by atoms with van der Waals surface area (Å²) in [6.07, 6.45) is 0.0341. The van der Waals surface area contributed by atoms with E-state index in [1.165, 1.54) is 18.3 Å². The van der Waals surface area contributed by atoms with E-state index in [9.17, 15) is 14.4 Å². The highest BCUT2D eigenvalue weighted by Crippen LogP contribution is 2.24. The number of amides is 2. The molecule has 1 heterocycles. The van der Waals surface area contributed by atoms with Gasteiger partial charge in [0.05, 0.1) is 25.6 Å². The molecule has 0 saturated heterocycles. The van der Waals surface area contributed by atoms with Crippen LogP contribution >= 0.6 is 11.3 Å². The minimum atomic E-state index is -1.09. The number of hydrogen-bond acceptors (Lipinski definition) is 6. The van der Waals surface area contributed by atoms with Crippen molar-refractivity contribution in [2.24, 2.45) is 0 Å². The molecule has 150 valence electrons. The number of aromatic carboxylic acids is 1. The smallest absolute Gasteiger partial charge is 0.355 e. The van der Waals surface area contributed by atoms with Gasteiger partial charge in [0, 0.05) is 11.8 Å². The van der Waals surface area contributed by atoms with E-state index in [1.807, 2.05) is 0 Å². The second-order valence-electron chi connectivity index (χ2n) is 6.28.